The molecule has 0 atom stereocenters. The van der Waals surface area contributed by atoms with Gasteiger partial charge < -0.3 is 5.32 Å². The zero-order chi connectivity index (χ0) is 19.4. The number of aryl methyl sites for hydroxylation is 1. The predicted molar refractivity (Wildman–Crippen MR) is 91.7 cm³/mol. The first-order chi connectivity index (χ1) is 12.8. The molecule has 0 radical (unpaired) electrons. The molecule has 0 fully saturated rings. The summed E-state index contributed by atoms with van der Waals surface area (Å²) in [7, 11) is 0. The summed E-state index contributed by atoms with van der Waals surface area (Å²) in [5, 5.41) is 10.7. The highest BCUT2D eigenvalue weighted by Crippen LogP contribution is 2.29. The molecule has 1 aromatic heterocycles. The van der Waals surface area contributed by atoms with Gasteiger partial charge in [0.2, 0.25) is 5.91 Å². The van der Waals surface area contributed by atoms with Crippen LogP contribution in [-0.2, 0) is 24.1 Å². The van der Waals surface area contributed by atoms with Gasteiger partial charge in [-0.05, 0) is 29.8 Å². The van der Waals surface area contributed by atoms with Gasteiger partial charge in [-0.2, -0.15) is 13.2 Å². The van der Waals surface area contributed by atoms with Crippen LogP contribution in [0.2, 0.25) is 0 Å². The summed E-state index contributed by atoms with van der Waals surface area (Å²) in [5.74, 6) is -0.350. The first kappa shape index (κ1) is 18.6. The number of aromatic nitrogens is 3. The first-order valence-corrected chi connectivity index (χ1v) is 8.10. The quantitative estimate of drug-likeness (QED) is 0.742. The van der Waals surface area contributed by atoms with Crippen molar-refractivity contribution < 1.29 is 18.0 Å². The molecular weight excluding hydrogens is 361 g/mol. The summed E-state index contributed by atoms with van der Waals surface area (Å²) >= 11 is 0. The summed E-state index contributed by atoms with van der Waals surface area (Å²) in [5.41, 5.74) is -0.0625. The molecule has 0 bridgehead atoms. The molecule has 3 rings (SSSR count). The maximum Gasteiger partial charge on any atom is 0.416 e. The normalized spacial score (nSPS) is 11.5. The molecule has 2 aromatic carbocycles. The van der Waals surface area contributed by atoms with Gasteiger partial charge >= 0.3 is 6.18 Å². The molecule has 0 unspecified atom stereocenters. The number of rotatable bonds is 5. The molecule has 1 amide bonds. The van der Waals surface area contributed by atoms with E-state index in [-0.39, 0.29) is 31.0 Å². The van der Waals surface area contributed by atoms with E-state index >= 15 is 0 Å². The molecule has 140 valence electrons. The van der Waals surface area contributed by atoms with Crippen molar-refractivity contribution in [2.75, 3.05) is 0 Å². The van der Waals surface area contributed by atoms with Crippen molar-refractivity contribution in [2.24, 2.45) is 0 Å². The molecule has 6 nitrogen and oxygen atoms in total. The first-order valence-electron chi connectivity index (χ1n) is 8.10. The second-order valence-electron chi connectivity index (χ2n) is 5.86. The minimum Gasteiger partial charge on any atom is -0.352 e. The lowest BCUT2D eigenvalue weighted by atomic mass is 10.1. The van der Waals surface area contributed by atoms with E-state index < -0.39 is 11.7 Å². The average Bonchev–Trinajstić information content (AvgIpc) is 2.65. The van der Waals surface area contributed by atoms with Gasteiger partial charge in [0.25, 0.3) is 5.56 Å². The number of carbonyl (C=O) groups is 1. The summed E-state index contributed by atoms with van der Waals surface area (Å²) in [6.07, 6.45) is -4.40. The largest absolute Gasteiger partial charge is 0.416 e. The van der Waals surface area contributed by atoms with E-state index in [4.69, 9.17) is 0 Å². The number of alkyl halides is 3. The minimum atomic E-state index is -4.39. The van der Waals surface area contributed by atoms with Crippen molar-refractivity contribution in [1.29, 1.82) is 0 Å². The van der Waals surface area contributed by atoms with Crippen LogP contribution >= 0.6 is 0 Å². The molecule has 9 heteroatoms. The van der Waals surface area contributed by atoms with E-state index in [0.29, 0.717) is 16.5 Å². The van der Waals surface area contributed by atoms with Crippen LogP contribution in [0.3, 0.4) is 0 Å². The number of benzene rings is 2. The Morgan fingerprint density at radius 2 is 1.78 bits per heavy atom. The molecule has 0 aliphatic heterocycles. The van der Waals surface area contributed by atoms with Crippen LogP contribution in [-0.4, -0.2) is 20.9 Å². The highest BCUT2D eigenvalue weighted by atomic mass is 19.4. The summed E-state index contributed by atoms with van der Waals surface area (Å²) in [6, 6.07) is 11.3. The Balaban J connectivity index is 1.56. The molecule has 3 aromatic rings. The smallest absolute Gasteiger partial charge is 0.352 e. The zero-order valence-electron chi connectivity index (χ0n) is 14.0. The van der Waals surface area contributed by atoms with E-state index in [1.165, 1.54) is 12.1 Å². The maximum absolute atomic E-state index is 12.5. The Morgan fingerprint density at radius 3 is 2.48 bits per heavy atom. The van der Waals surface area contributed by atoms with Gasteiger partial charge in [0.1, 0.15) is 5.52 Å². The van der Waals surface area contributed by atoms with Gasteiger partial charge in [0.15, 0.2) is 0 Å². The second kappa shape index (κ2) is 7.56. The number of halogens is 3. The van der Waals surface area contributed by atoms with Gasteiger partial charge in [0, 0.05) is 13.0 Å². The molecule has 0 saturated heterocycles. The van der Waals surface area contributed by atoms with E-state index in [2.05, 4.69) is 15.6 Å². The van der Waals surface area contributed by atoms with Crippen LogP contribution in [0.5, 0.6) is 0 Å². The lowest BCUT2D eigenvalue weighted by Gasteiger charge is -2.09. The molecule has 0 spiro atoms. The van der Waals surface area contributed by atoms with Gasteiger partial charge in [-0.3, -0.25) is 9.59 Å². The zero-order valence-corrected chi connectivity index (χ0v) is 14.0. The fraction of sp³-hybridized carbons (Fsp3) is 0.222. The van der Waals surface area contributed by atoms with Crippen LogP contribution in [0.4, 0.5) is 13.2 Å². The van der Waals surface area contributed by atoms with Crippen molar-refractivity contribution in [1.82, 2.24) is 20.3 Å². The topological polar surface area (TPSA) is 76.9 Å². The number of amides is 1. The second-order valence-corrected chi connectivity index (χ2v) is 5.86. The third kappa shape index (κ3) is 4.49. The number of hydrogen-bond acceptors (Lipinski definition) is 4. The minimum absolute atomic E-state index is 0.00639. The summed E-state index contributed by atoms with van der Waals surface area (Å²) in [6.45, 7) is 0.144. The molecule has 1 N–H and O–H groups in total. The van der Waals surface area contributed by atoms with Crippen LogP contribution in [0.25, 0.3) is 10.9 Å². The Hall–Kier alpha value is -3.23. The Kier molecular flexibility index (Phi) is 5.20. The molecular formula is C18H15F3N4O2. The van der Waals surface area contributed by atoms with Crippen LogP contribution in [0, 0.1) is 0 Å². The Morgan fingerprint density at radius 1 is 1.07 bits per heavy atom. The Labute approximate surface area is 151 Å². The maximum atomic E-state index is 12.5. The third-order valence-electron chi connectivity index (χ3n) is 3.95. The average molecular weight is 376 g/mol. The van der Waals surface area contributed by atoms with Gasteiger partial charge in [-0.15, -0.1) is 5.10 Å². The fourth-order valence-corrected chi connectivity index (χ4v) is 2.48. The molecule has 0 aliphatic carbocycles. The highest BCUT2D eigenvalue weighted by Gasteiger charge is 2.29. The summed E-state index contributed by atoms with van der Waals surface area (Å²) < 4.78 is 38.7. The molecule has 27 heavy (non-hydrogen) atoms. The van der Waals surface area contributed by atoms with Gasteiger partial charge in [-0.1, -0.05) is 29.5 Å². The molecule has 0 saturated carbocycles. The van der Waals surface area contributed by atoms with Crippen molar-refractivity contribution in [3.8, 4) is 0 Å². The third-order valence-corrected chi connectivity index (χ3v) is 3.95. The summed E-state index contributed by atoms with van der Waals surface area (Å²) in [4.78, 5) is 24.2. The SMILES string of the molecule is O=C(CCn1nnc2ccccc2c1=O)NCc1ccc(C(F)(F)F)cc1. The number of carbonyl (C=O) groups excluding carboxylic acids is 1. The van der Waals surface area contributed by atoms with E-state index in [0.717, 1.165) is 16.8 Å². The highest BCUT2D eigenvalue weighted by molar-refractivity contribution is 5.77. The number of nitrogens with zero attached hydrogens (tertiary/aromatic N) is 3. The van der Waals surface area contributed by atoms with Crippen molar-refractivity contribution in [2.45, 2.75) is 25.7 Å². The van der Waals surface area contributed by atoms with Crippen molar-refractivity contribution in [3.63, 3.8) is 0 Å². The van der Waals surface area contributed by atoms with E-state index in [1.807, 2.05) is 0 Å². The number of nitrogens with one attached hydrogen (secondary N) is 1. The molecule has 1 heterocycles. The van der Waals surface area contributed by atoms with Crippen LogP contribution < -0.4 is 10.9 Å². The van der Waals surface area contributed by atoms with Crippen LogP contribution in [0.15, 0.2) is 53.3 Å². The van der Waals surface area contributed by atoms with Crippen molar-refractivity contribution in [3.05, 3.63) is 70.0 Å². The monoisotopic (exact) mass is 376 g/mol. The number of fused-ring (bicyclic) bond motifs is 1. The predicted octanol–water partition coefficient (Wildman–Crippen LogP) is 2.52. The van der Waals surface area contributed by atoms with E-state index in [9.17, 15) is 22.8 Å². The fourth-order valence-electron chi connectivity index (χ4n) is 2.48. The van der Waals surface area contributed by atoms with Gasteiger partial charge in [-0.25, -0.2) is 4.68 Å². The Bertz CT molecular complexity index is 1010. The lowest BCUT2D eigenvalue weighted by Crippen LogP contribution is -2.29. The number of hydrogen-bond donors (Lipinski definition) is 1. The van der Waals surface area contributed by atoms with Crippen molar-refractivity contribution >= 4 is 16.8 Å². The molecule has 0 aliphatic rings. The standard InChI is InChI=1S/C18H15F3N4O2/c19-18(20,21)13-7-5-12(6-8-13)11-22-16(26)9-10-25-17(27)14-3-1-2-4-15(14)23-24-25/h1-8H,9-11H2,(H,22,26). The van der Waals surface area contributed by atoms with Crippen LogP contribution in [0.1, 0.15) is 17.5 Å². The van der Waals surface area contributed by atoms with Gasteiger partial charge in [0.05, 0.1) is 17.5 Å². The van der Waals surface area contributed by atoms with E-state index in [1.54, 1.807) is 24.3 Å². The lowest BCUT2D eigenvalue weighted by molar-refractivity contribution is -0.137.